The van der Waals surface area contributed by atoms with E-state index in [-0.39, 0.29) is 5.88 Å². The third-order valence-electron chi connectivity index (χ3n) is 1.92. The van der Waals surface area contributed by atoms with Gasteiger partial charge in [0.05, 0.1) is 26.0 Å². The Labute approximate surface area is 99.9 Å². The fraction of sp³-hybridized carbons (Fsp3) is 0.364. The molecule has 0 amide bonds. The fourth-order valence-corrected chi connectivity index (χ4v) is 1.22. The number of rotatable bonds is 5. The number of methoxy groups -OCH3 is 2. The molecule has 1 rings (SSSR count). The van der Waals surface area contributed by atoms with E-state index in [1.165, 1.54) is 20.4 Å². The molecule has 0 aliphatic heterocycles. The van der Waals surface area contributed by atoms with E-state index in [1.807, 2.05) is 14.1 Å². The molecule has 0 aromatic carbocycles. The van der Waals surface area contributed by atoms with Gasteiger partial charge in [-0.2, -0.15) is 0 Å². The molecule has 0 aliphatic carbocycles. The highest BCUT2D eigenvalue weighted by molar-refractivity contribution is 6.06. The van der Waals surface area contributed by atoms with Crippen LogP contribution >= 0.6 is 0 Å². The summed E-state index contributed by atoms with van der Waals surface area (Å²) in [6.07, 6.45) is 3.77. The van der Waals surface area contributed by atoms with E-state index in [2.05, 4.69) is 9.97 Å². The number of hydrogen-bond acceptors (Lipinski definition) is 6. The van der Waals surface area contributed by atoms with E-state index in [0.717, 1.165) is 0 Å². The number of allylic oxidation sites excluding steroid dienone is 1. The van der Waals surface area contributed by atoms with Gasteiger partial charge in [-0.1, -0.05) is 0 Å². The molecule has 0 radical (unpaired) electrons. The monoisotopic (exact) mass is 237 g/mol. The maximum atomic E-state index is 11.0. The summed E-state index contributed by atoms with van der Waals surface area (Å²) in [6.45, 7) is 0. The van der Waals surface area contributed by atoms with Crippen molar-refractivity contribution in [3.8, 4) is 11.8 Å². The molecule has 92 valence electrons. The largest absolute Gasteiger partial charge is 0.480 e. The third kappa shape index (κ3) is 3.17. The van der Waals surface area contributed by atoms with Crippen LogP contribution in [0.25, 0.3) is 5.57 Å². The zero-order chi connectivity index (χ0) is 12.8. The number of carbonyl (C=O) groups excluding carboxylic acids is 1. The number of aromatic nitrogens is 2. The molecule has 0 atom stereocenters. The molecule has 0 spiro atoms. The second kappa shape index (κ2) is 5.83. The number of carbonyl (C=O) groups is 1. The molecular weight excluding hydrogens is 222 g/mol. The van der Waals surface area contributed by atoms with Crippen LogP contribution in [0.1, 0.15) is 5.69 Å². The van der Waals surface area contributed by atoms with Crippen molar-refractivity contribution in [1.82, 2.24) is 14.9 Å². The van der Waals surface area contributed by atoms with E-state index in [9.17, 15) is 4.79 Å². The second-order valence-corrected chi connectivity index (χ2v) is 3.44. The third-order valence-corrected chi connectivity index (χ3v) is 1.92. The van der Waals surface area contributed by atoms with Gasteiger partial charge < -0.3 is 14.4 Å². The standard InChI is InChI=1S/C11H15N3O3/c1-14(2)6-8(7-15)10-11(17-4)12-5-9(13-10)16-3/h5-7H,1-4H3. The van der Waals surface area contributed by atoms with Crippen molar-refractivity contribution >= 4 is 11.9 Å². The summed E-state index contributed by atoms with van der Waals surface area (Å²) in [5.74, 6) is 0.610. The van der Waals surface area contributed by atoms with Gasteiger partial charge in [0.25, 0.3) is 0 Å². The van der Waals surface area contributed by atoms with Crippen LogP contribution in [0.15, 0.2) is 12.4 Å². The number of nitrogens with zero attached hydrogens (tertiary/aromatic N) is 3. The summed E-state index contributed by atoms with van der Waals surface area (Å²) in [7, 11) is 6.57. The Hall–Kier alpha value is -2.11. The van der Waals surface area contributed by atoms with Crippen molar-refractivity contribution < 1.29 is 14.3 Å². The Bertz CT molecular complexity index is 430. The first-order valence-electron chi connectivity index (χ1n) is 4.91. The highest BCUT2D eigenvalue weighted by Gasteiger charge is 2.13. The Morgan fingerprint density at radius 2 is 2.06 bits per heavy atom. The Morgan fingerprint density at radius 1 is 1.35 bits per heavy atom. The molecule has 1 heterocycles. The van der Waals surface area contributed by atoms with Gasteiger partial charge in [0.2, 0.25) is 11.8 Å². The summed E-state index contributed by atoms with van der Waals surface area (Å²) < 4.78 is 10.0. The molecular formula is C11H15N3O3. The lowest BCUT2D eigenvalue weighted by Crippen LogP contribution is -2.06. The molecule has 6 heteroatoms. The van der Waals surface area contributed by atoms with Gasteiger partial charge in [-0.25, -0.2) is 9.97 Å². The lowest BCUT2D eigenvalue weighted by molar-refractivity contribution is -0.103. The van der Waals surface area contributed by atoms with Crippen molar-refractivity contribution in [3.63, 3.8) is 0 Å². The van der Waals surface area contributed by atoms with E-state index in [4.69, 9.17) is 9.47 Å². The van der Waals surface area contributed by atoms with Crippen LogP contribution in [0, 0.1) is 0 Å². The molecule has 1 aromatic heterocycles. The molecule has 0 aliphatic rings. The topological polar surface area (TPSA) is 64.6 Å². The molecule has 1 aromatic rings. The predicted molar refractivity (Wildman–Crippen MR) is 62.9 cm³/mol. The number of ether oxygens (including phenoxy) is 2. The van der Waals surface area contributed by atoms with Crippen molar-refractivity contribution in [2.45, 2.75) is 0 Å². The summed E-state index contributed by atoms with van der Waals surface area (Å²) in [5.41, 5.74) is 0.730. The Balaban J connectivity index is 3.29. The van der Waals surface area contributed by atoms with Gasteiger partial charge in [0.1, 0.15) is 5.69 Å². The SMILES string of the molecule is COc1cnc(OC)c(C(C=O)=CN(C)C)n1. The summed E-state index contributed by atoms with van der Waals surface area (Å²) in [4.78, 5) is 21.0. The molecule has 0 fully saturated rings. The summed E-state index contributed by atoms with van der Waals surface area (Å²) in [6, 6.07) is 0. The van der Waals surface area contributed by atoms with E-state index >= 15 is 0 Å². The van der Waals surface area contributed by atoms with Crippen molar-refractivity contribution in [2.75, 3.05) is 28.3 Å². The smallest absolute Gasteiger partial charge is 0.240 e. The predicted octanol–water partition coefficient (Wildman–Crippen LogP) is 0.595. The van der Waals surface area contributed by atoms with Crippen molar-refractivity contribution in [3.05, 3.63) is 18.1 Å². The first-order valence-corrected chi connectivity index (χ1v) is 4.91. The lowest BCUT2D eigenvalue weighted by atomic mass is 10.2. The van der Waals surface area contributed by atoms with Crippen LogP contribution < -0.4 is 9.47 Å². The minimum atomic E-state index is 0.283. The van der Waals surface area contributed by atoms with Crippen LogP contribution in [0.4, 0.5) is 0 Å². The molecule has 0 bridgehead atoms. The maximum absolute atomic E-state index is 11.0. The first kappa shape index (κ1) is 13.0. The molecule has 17 heavy (non-hydrogen) atoms. The zero-order valence-corrected chi connectivity index (χ0v) is 10.3. The van der Waals surface area contributed by atoms with E-state index in [0.29, 0.717) is 23.4 Å². The van der Waals surface area contributed by atoms with Crippen LogP contribution in [0.5, 0.6) is 11.8 Å². The molecule has 0 unspecified atom stereocenters. The zero-order valence-electron chi connectivity index (χ0n) is 10.3. The minimum Gasteiger partial charge on any atom is -0.480 e. The lowest BCUT2D eigenvalue weighted by Gasteiger charge is -2.10. The van der Waals surface area contributed by atoms with Crippen LogP contribution in [0.3, 0.4) is 0 Å². The fourth-order valence-electron chi connectivity index (χ4n) is 1.22. The summed E-state index contributed by atoms with van der Waals surface area (Å²) in [5, 5.41) is 0. The molecule has 0 saturated carbocycles. The number of aldehydes is 1. The number of hydrogen-bond donors (Lipinski definition) is 0. The van der Waals surface area contributed by atoms with Crippen molar-refractivity contribution in [1.29, 1.82) is 0 Å². The van der Waals surface area contributed by atoms with E-state index in [1.54, 1.807) is 11.1 Å². The highest BCUT2D eigenvalue weighted by Crippen LogP contribution is 2.22. The van der Waals surface area contributed by atoms with Crippen LogP contribution in [0.2, 0.25) is 0 Å². The second-order valence-electron chi connectivity index (χ2n) is 3.44. The Kier molecular flexibility index (Phi) is 4.45. The van der Waals surface area contributed by atoms with Gasteiger partial charge in [0.15, 0.2) is 6.29 Å². The molecule has 6 nitrogen and oxygen atoms in total. The van der Waals surface area contributed by atoms with Gasteiger partial charge in [0, 0.05) is 20.3 Å². The highest BCUT2D eigenvalue weighted by atomic mass is 16.5. The first-order chi connectivity index (χ1) is 8.12. The Morgan fingerprint density at radius 3 is 2.53 bits per heavy atom. The van der Waals surface area contributed by atoms with Gasteiger partial charge in [-0.3, -0.25) is 4.79 Å². The average Bonchev–Trinajstić information content (AvgIpc) is 2.34. The van der Waals surface area contributed by atoms with Gasteiger partial charge in [-0.05, 0) is 0 Å². The normalized spacial score (nSPS) is 10.9. The minimum absolute atomic E-state index is 0.283. The van der Waals surface area contributed by atoms with E-state index < -0.39 is 0 Å². The quantitative estimate of drug-likeness (QED) is 0.552. The van der Waals surface area contributed by atoms with Crippen LogP contribution in [-0.2, 0) is 4.79 Å². The maximum Gasteiger partial charge on any atom is 0.240 e. The van der Waals surface area contributed by atoms with Crippen LogP contribution in [-0.4, -0.2) is 49.5 Å². The molecule has 0 saturated heterocycles. The van der Waals surface area contributed by atoms with Gasteiger partial charge >= 0.3 is 0 Å². The molecule has 0 N–H and O–H groups in total. The van der Waals surface area contributed by atoms with Gasteiger partial charge in [-0.15, -0.1) is 0 Å². The average molecular weight is 237 g/mol. The summed E-state index contributed by atoms with van der Waals surface area (Å²) >= 11 is 0. The van der Waals surface area contributed by atoms with Crippen molar-refractivity contribution in [2.24, 2.45) is 0 Å².